The molecule has 1 rings (SSSR count). The highest BCUT2D eigenvalue weighted by molar-refractivity contribution is 5.29. The number of aromatic hydroxyl groups is 1. The minimum atomic E-state index is 0.293. The molecule has 0 radical (unpaired) electrons. The second kappa shape index (κ2) is 4.51. The van der Waals surface area contributed by atoms with Crippen LogP contribution in [0.1, 0.15) is 31.2 Å². The second-order valence-corrected chi connectivity index (χ2v) is 3.19. The van der Waals surface area contributed by atoms with Crippen LogP contribution in [0.25, 0.3) is 0 Å². The van der Waals surface area contributed by atoms with Crippen LogP contribution < -0.4 is 0 Å². The van der Waals surface area contributed by atoms with E-state index in [4.69, 9.17) is 5.26 Å². The molecular weight excluding hydrogens is 162 g/mol. The molecule has 0 spiro atoms. The van der Waals surface area contributed by atoms with Gasteiger partial charge in [0, 0.05) is 6.42 Å². The maximum atomic E-state index is 9.22. The average molecular weight is 175 g/mol. The molecule has 2 heteroatoms. The third-order valence-corrected chi connectivity index (χ3v) is 2.13. The lowest BCUT2D eigenvalue weighted by molar-refractivity contribution is 0.473. The molecule has 0 aliphatic heterocycles. The lowest BCUT2D eigenvalue weighted by Crippen LogP contribution is -1.92. The van der Waals surface area contributed by atoms with Crippen LogP contribution in [0, 0.1) is 11.3 Å². The van der Waals surface area contributed by atoms with Crippen molar-refractivity contribution >= 4 is 0 Å². The number of phenols is 1. The van der Waals surface area contributed by atoms with Crippen LogP contribution >= 0.6 is 0 Å². The van der Waals surface area contributed by atoms with Gasteiger partial charge >= 0.3 is 0 Å². The van der Waals surface area contributed by atoms with E-state index in [2.05, 4.69) is 13.0 Å². The largest absolute Gasteiger partial charge is 0.508 e. The molecule has 0 bridgehead atoms. The molecule has 1 aromatic carbocycles. The number of benzene rings is 1. The summed E-state index contributed by atoms with van der Waals surface area (Å²) in [6, 6.07) is 9.33. The summed E-state index contributed by atoms with van der Waals surface area (Å²) < 4.78 is 0. The molecule has 0 saturated heterocycles. The summed E-state index contributed by atoms with van der Waals surface area (Å²) >= 11 is 0. The van der Waals surface area contributed by atoms with Crippen LogP contribution in [0.15, 0.2) is 24.3 Å². The molecule has 0 amide bonds. The minimum Gasteiger partial charge on any atom is -0.508 e. The Balaban J connectivity index is 2.66. The van der Waals surface area contributed by atoms with E-state index in [1.54, 1.807) is 12.1 Å². The zero-order chi connectivity index (χ0) is 9.68. The number of hydrogen-bond donors (Lipinski definition) is 1. The summed E-state index contributed by atoms with van der Waals surface area (Å²) in [5, 5.41) is 17.6. The van der Waals surface area contributed by atoms with Gasteiger partial charge in [-0.3, -0.25) is 0 Å². The first-order chi connectivity index (χ1) is 6.24. The molecule has 13 heavy (non-hydrogen) atoms. The van der Waals surface area contributed by atoms with Crippen molar-refractivity contribution in [2.75, 3.05) is 0 Å². The normalized spacial score (nSPS) is 12.0. The van der Waals surface area contributed by atoms with Gasteiger partial charge in [0.25, 0.3) is 0 Å². The molecule has 1 atom stereocenters. The maximum Gasteiger partial charge on any atom is 0.115 e. The van der Waals surface area contributed by atoms with Gasteiger partial charge in [-0.2, -0.15) is 5.26 Å². The SMILES string of the molecule is CC(CCC#N)c1cccc(O)c1. The highest BCUT2D eigenvalue weighted by Crippen LogP contribution is 2.23. The predicted molar refractivity (Wildman–Crippen MR) is 51.4 cm³/mol. The van der Waals surface area contributed by atoms with E-state index >= 15 is 0 Å². The van der Waals surface area contributed by atoms with Gasteiger partial charge in [0.15, 0.2) is 0 Å². The maximum absolute atomic E-state index is 9.22. The van der Waals surface area contributed by atoms with Gasteiger partial charge in [-0.25, -0.2) is 0 Å². The van der Waals surface area contributed by atoms with Crippen LogP contribution in [-0.4, -0.2) is 5.11 Å². The molecule has 1 aromatic rings. The van der Waals surface area contributed by atoms with Crippen LogP contribution in [0.2, 0.25) is 0 Å². The van der Waals surface area contributed by atoms with E-state index in [1.807, 2.05) is 12.1 Å². The summed E-state index contributed by atoms with van der Waals surface area (Å²) in [4.78, 5) is 0. The number of hydrogen-bond acceptors (Lipinski definition) is 2. The third-order valence-electron chi connectivity index (χ3n) is 2.13. The van der Waals surface area contributed by atoms with Gasteiger partial charge in [0.2, 0.25) is 0 Å². The van der Waals surface area contributed by atoms with Crippen molar-refractivity contribution in [1.82, 2.24) is 0 Å². The molecule has 0 aliphatic carbocycles. The molecule has 0 saturated carbocycles. The van der Waals surface area contributed by atoms with Gasteiger partial charge in [0.1, 0.15) is 5.75 Å². The van der Waals surface area contributed by atoms with E-state index in [9.17, 15) is 5.11 Å². The second-order valence-electron chi connectivity index (χ2n) is 3.19. The predicted octanol–water partition coefficient (Wildman–Crippen LogP) is 2.80. The number of rotatable bonds is 3. The fourth-order valence-corrected chi connectivity index (χ4v) is 1.28. The first kappa shape index (κ1) is 9.60. The van der Waals surface area contributed by atoms with Crippen molar-refractivity contribution in [1.29, 1.82) is 5.26 Å². The molecule has 68 valence electrons. The topological polar surface area (TPSA) is 44.0 Å². The van der Waals surface area contributed by atoms with Crippen molar-refractivity contribution in [2.24, 2.45) is 0 Å². The van der Waals surface area contributed by atoms with Crippen molar-refractivity contribution in [3.8, 4) is 11.8 Å². The Morgan fingerprint density at radius 1 is 1.54 bits per heavy atom. The molecule has 1 N–H and O–H groups in total. The third kappa shape index (κ3) is 2.79. The summed E-state index contributed by atoms with van der Waals surface area (Å²) in [6.07, 6.45) is 1.41. The van der Waals surface area contributed by atoms with Crippen LogP contribution in [-0.2, 0) is 0 Å². The first-order valence-corrected chi connectivity index (χ1v) is 4.40. The Labute approximate surface area is 78.4 Å². The average Bonchev–Trinajstić information content (AvgIpc) is 2.14. The van der Waals surface area contributed by atoms with E-state index in [0.717, 1.165) is 12.0 Å². The molecule has 0 heterocycles. The number of phenolic OH excluding ortho intramolecular Hbond substituents is 1. The van der Waals surface area contributed by atoms with Gasteiger partial charge in [-0.05, 0) is 30.0 Å². The summed E-state index contributed by atoms with van der Waals surface area (Å²) in [5.41, 5.74) is 1.09. The number of nitrogens with zero attached hydrogens (tertiary/aromatic N) is 1. The van der Waals surface area contributed by atoms with Crippen molar-refractivity contribution in [3.05, 3.63) is 29.8 Å². The monoisotopic (exact) mass is 175 g/mol. The molecule has 1 unspecified atom stereocenters. The van der Waals surface area contributed by atoms with Gasteiger partial charge in [-0.15, -0.1) is 0 Å². The Kier molecular flexibility index (Phi) is 3.33. The van der Waals surface area contributed by atoms with Gasteiger partial charge < -0.3 is 5.11 Å². The Morgan fingerprint density at radius 3 is 2.92 bits per heavy atom. The van der Waals surface area contributed by atoms with Crippen molar-refractivity contribution in [2.45, 2.75) is 25.7 Å². The molecule has 2 nitrogen and oxygen atoms in total. The van der Waals surface area contributed by atoms with Crippen molar-refractivity contribution < 1.29 is 5.11 Å². The molecular formula is C11H13NO. The minimum absolute atomic E-state index is 0.293. The summed E-state index contributed by atoms with van der Waals surface area (Å²) in [5.74, 6) is 0.632. The zero-order valence-electron chi connectivity index (χ0n) is 7.70. The van der Waals surface area contributed by atoms with E-state index in [-0.39, 0.29) is 0 Å². The highest BCUT2D eigenvalue weighted by Gasteiger charge is 2.04. The fraction of sp³-hybridized carbons (Fsp3) is 0.364. The smallest absolute Gasteiger partial charge is 0.115 e. The summed E-state index contributed by atoms with van der Waals surface area (Å²) in [6.45, 7) is 2.06. The number of nitriles is 1. The van der Waals surface area contributed by atoms with E-state index in [1.165, 1.54) is 0 Å². The lowest BCUT2D eigenvalue weighted by atomic mass is 9.96. The Morgan fingerprint density at radius 2 is 2.31 bits per heavy atom. The van der Waals surface area contributed by atoms with E-state index < -0.39 is 0 Å². The van der Waals surface area contributed by atoms with Crippen LogP contribution in [0.5, 0.6) is 5.75 Å². The Hall–Kier alpha value is -1.49. The quantitative estimate of drug-likeness (QED) is 0.767. The fourth-order valence-electron chi connectivity index (χ4n) is 1.28. The van der Waals surface area contributed by atoms with Gasteiger partial charge in [0.05, 0.1) is 6.07 Å². The van der Waals surface area contributed by atoms with Crippen molar-refractivity contribution in [3.63, 3.8) is 0 Å². The first-order valence-electron chi connectivity index (χ1n) is 4.40. The van der Waals surface area contributed by atoms with Crippen LogP contribution in [0.3, 0.4) is 0 Å². The standard InChI is InChI=1S/C11H13NO/c1-9(4-3-7-12)10-5-2-6-11(13)8-10/h2,5-6,8-9,13H,3-4H2,1H3. The highest BCUT2D eigenvalue weighted by atomic mass is 16.3. The molecule has 0 aliphatic rings. The lowest BCUT2D eigenvalue weighted by Gasteiger charge is -2.09. The Bertz CT molecular complexity index is 314. The van der Waals surface area contributed by atoms with E-state index in [0.29, 0.717) is 18.1 Å². The van der Waals surface area contributed by atoms with Gasteiger partial charge in [-0.1, -0.05) is 19.1 Å². The summed E-state index contributed by atoms with van der Waals surface area (Å²) in [7, 11) is 0. The molecule has 0 fully saturated rings. The van der Waals surface area contributed by atoms with Crippen LogP contribution in [0.4, 0.5) is 0 Å². The zero-order valence-corrected chi connectivity index (χ0v) is 7.70. The molecule has 0 aromatic heterocycles.